The van der Waals surface area contributed by atoms with Gasteiger partial charge in [0, 0.05) is 17.1 Å². The maximum Gasteiger partial charge on any atom is 0.249 e. The van der Waals surface area contributed by atoms with Crippen molar-refractivity contribution in [1.82, 2.24) is 4.98 Å². The van der Waals surface area contributed by atoms with Gasteiger partial charge in [-0.2, -0.15) is 0 Å². The normalized spacial score (nSPS) is 10.4. The van der Waals surface area contributed by atoms with E-state index in [1.807, 2.05) is 19.1 Å². The van der Waals surface area contributed by atoms with E-state index in [4.69, 9.17) is 5.73 Å². The molecule has 2 N–H and O–H groups in total. The first kappa shape index (κ1) is 8.69. The number of nitrogens with zero attached hydrogens (tertiary/aromatic N) is 1. The SMILES string of the molecule is Cc1ccc(C(N)=O)c2cccnc12. The number of carbonyl (C=O) groups is 1. The lowest BCUT2D eigenvalue weighted by molar-refractivity contribution is 0.100. The lowest BCUT2D eigenvalue weighted by Gasteiger charge is -2.04. The Morgan fingerprint density at radius 3 is 2.86 bits per heavy atom. The molecule has 0 spiro atoms. The number of carbonyl (C=O) groups excluding carboxylic acids is 1. The summed E-state index contributed by atoms with van der Waals surface area (Å²) in [6.07, 6.45) is 1.71. The smallest absolute Gasteiger partial charge is 0.249 e. The van der Waals surface area contributed by atoms with Gasteiger partial charge in [-0.3, -0.25) is 9.78 Å². The van der Waals surface area contributed by atoms with Crippen LogP contribution in [0.2, 0.25) is 0 Å². The van der Waals surface area contributed by atoms with Crippen LogP contribution in [-0.4, -0.2) is 10.9 Å². The average Bonchev–Trinajstić information content (AvgIpc) is 2.18. The molecule has 2 aromatic rings. The fourth-order valence-electron chi connectivity index (χ4n) is 1.53. The van der Waals surface area contributed by atoms with Gasteiger partial charge in [0.1, 0.15) is 0 Å². The number of fused-ring (bicyclic) bond motifs is 1. The van der Waals surface area contributed by atoms with Crippen LogP contribution in [0.25, 0.3) is 10.9 Å². The summed E-state index contributed by atoms with van der Waals surface area (Å²) in [7, 11) is 0. The Hall–Kier alpha value is -1.90. The number of hydrogen-bond acceptors (Lipinski definition) is 2. The van der Waals surface area contributed by atoms with Crippen LogP contribution in [0.3, 0.4) is 0 Å². The second kappa shape index (κ2) is 3.10. The summed E-state index contributed by atoms with van der Waals surface area (Å²) in [5.41, 5.74) is 7.67. The van der Waals surface area contributed by atoms with E-state index in [0.717, 1.165) is 16.5 Å². The predicted octanol–water partition coefficient (Wildman–Crippen LogP) is 1.64. The molecular formula is C11H10N2O. The van der Waals surface area contributed by atoms with Crippen molar-refractivity contribution in [2.75, 3.05) is 0 Å². The van der Waals surface area contributed by atoms with Gasteiger partial charge < -0.3 is 5.73 Å². The molecule has 1 amide bonds. The monoisotopic (exact) mass is 186 g/mol. The van der Waals surface area contributed by atoms with E-state index in [2.05, 4.69) is 4.98 Å². The number of nitrogens with two attached hydrogens (primary N) is 1. The number of amides is 1. The standard InChI is InChI=1S/C11H10N2O/c1-7-4-5-9(11(12)14)8-3-2-6-13-10(7)8/h2-6H,1H3,(H2,12,14). The van der Waals surface area contributed by atoms with Crippen molar-refractivity contribution in [3.8, 4) is 0 Å². The summed E-state index contributed by atoms with van der Waals surface area (Å²) in [5.74, 6) is -0.414. The van der Waals surface area contributed by atoms with Crippen molar-refractivity contribution in [1.29, 1.82) is 0 Å². The number of aryl methyl sites for hydroxylation is 1. The minimum atomic E-state index is -0.414. The molecule has 0 saturated carbocycles. The van der Waals surface area contributed by atoms with Crippen molar-refractivity contribution in [3.05, 3.63) is 41.6 Å². The Morgan fingerprint density at radius 1 is 1.36 bits per heavy atom. The molecule has 0 unspecified atom stereocenters. The van der Waals surface area contributed by atoms with Gasteiger partial charge in [-0.1, -0.05) is 12.1 Å². The Kier molecular flexibility index (Phi) is 1.93. The molecule has 1 aromatic carbocycles. The molecule has 3 heteroatoms. The molecule has 0 aliphatic carbocycles. The lowest BCUT2D eigenvalue weighted by atomic mass is 10.0. The van der Waals surface area contributed by atoms with E-state index >= 15 is 0 Å². The van der Waals surface area contributed by atoms with E-state index in [9.17, 15) is 4.79 Å². The molecular weight excluding hydrogens is 176 g/mol. The van der Waals surface area contributed by atoms with Crippen molar-refractivity contribution in [2.45, 2.75) is 6.92 Å². The van der Waals surface area contributed by atoms with Gasteiger partial charge in [-0.05, 0) is 24.6 Å². The van der Waals surface area contributed by atoms with Gasteiger partial charge in [0.2, 0.25) is 5.91 Å². The number of primary amides is 1. The van der Waals surface area contributed by atoms with Gasteiger partial charge in [0.15, 0.2) is 0 Å². The minimum absolute atomic E-state index is 0.414. The van der Waals surface area contributed by atoms with Crippen LogP contribution in [-0.2, 0) is 0 Å². The van der Waals surface area contributed by atoms with E-state index in [1.165, 1.54) is 0 Å². The first-order valence-corrected chi connectivity index (χ1v) is 4.34. The highest BCUT2D eigenvalue weighted by atomic mass is 16.1. The Balaban J connectivity index is 2.88. The van der Waals surface area contributed by atoms with Gasteiger partial charge in [0.25, 0.3) is 0 Å². The Morgan fingerprint density at radius 2 is 2.14 bits per heavy atom. The summed E-state index contributed by atoms with van der Waals surface area (Å²) in [4.78, 5) is 15.3. The summed E-state index contributed by atoms with van der Waals surface area (Å²) in [6, 6.07) is 7.25. The summed E-state index contributed by atoms with van der Waals surface area (Å²) < 4.78 is 0. The number of benzene rings is 1. The number of aromatic nitrogens is 1. The first-order valence-electron chi connectivity index (χ1n) is 4.34. The molecule has 0 saturated heterocycles. The maximum absolute atomic E-state index is 11.1. The van der Waals surface area contributed by atoms with Crippen LogP contribution in [0.5, 0.6) is 0 Å². The van der Waals surface area contributed by atoms with Crippen LogP contribution in [0.15, 0.2) is 30.5 Å². The Labute approximate surface area is 81.6 Å². The van der Waals surface area contributed by atoms with Crippen LogP contribution in [0.1, 0.15) is 15.9 Å². The fourth-order valence-corrected chi connectivity index (χ4v) is 1.53. The molecule has 2 rings (SSSR count). The average molecular weight is 186 g/mol. The molecule has 0 atom stereocenters. The van der Waals surface area contributed by atoms with E-state index in [0.29, 0.717) is 5.56 Å². The van der Waals surface area contributed by atoms with Gasteiger partial charge >= 0.3 is 0 Å². The second-order valence-electron chi connectivity index (χ2n) is 3.19. The molecule has 0 aliphatic heterocycles. The van der Waals surface area contributed by atoms with Gasteiger partial charge in [-0.25, -0.2) is 0 Å². The van der Waals surface area contributed by atoms with Crippen molar-refractivity contribution < 1.29 is 4.79 Å². The first-order chi connectivity index (χ1) is 6.70. The third-order valence-corrected chi connectivity index (χ3v) is 2.24. The third kappa shape index (κ3) is 1.23. The quantitative estimate of drug-likeness (QED) is 0.736. The fraction of sp³-hybridized carbons (Fsp3) is 0.0909. The molecule has 1 heterocycles. The third-order valence-electron chi connectivity index (χ3n) is 2.24. The van der Waals surface area contributed by atoms with Gasteiger partial charge in [-0.15, -0.1) is 0 Å². The highest BCUT2D eigenvalue weighted by molar-refractivity contribution is 6.06. The summed E-state index contributed by atoms with van der Waals surface area (Å²) in [6.45, 7) is 1.96. The summed E-state index contributed by atoms with van der Waals surface area (Å²) >= 11 is 0. The zero-order valence-corrected chi connectivity index (χ0v) is 7.82. The van der Waals surface area contributed by atoms with Crippen LogP contribution in [0, 0.1) is 6.92 Å². The van der Waals surface area contributed by atoms with Crippen molar-refractivity contribution in [3.63, 3.8) is 0 Å². The summed E-state index contributed by atoms with van der Waals surface area (Å²) in [5, 5.41) is 0.819. The zero-order chi connectivity index (χ0) is 10.1. The highest BCUT2D eigenvalue weighted by Crippen LogP contribution is 2.19. The van der Waals surface area contributed by atoms with E-state index < -0.39 is 5.91 Å². The van der Waals surface area contributed by atoms with E-state index in [-0.39, 0.29) is 0 Å². The number of hydrogen-bond donors (Lipinski definition) is 1. The highest BCUT2D eigenvalue weighted by Gasteiger charge is 2.07. The largest absolute Gasteiger partial charge is 0.366 e. The molecule has 0 aliphatic rings. The Bertz CT molecular complexity index is 506. The molecule has 70 valence electrons. The van der Waals surface area contributed by atoms with Gasteiger partial charge in [0.05, 0.1) is 5.52 Å². The molecule has 3 nitrogen and oxygen atoms in total. The van der Waals surface area contributed by atoms with E-state index in [1.54, 1.807) is 18.3 Å². The van der Waals surface area contributed by atoms with Crippen LogP contribution in [0.4, 0.5) is 0 Å². The number of pyridine rings is 1. The van der Waals surface area contributed by atoms with Crippen LogP contribution < -0.4 is 5.73 Å². The molecule has 14 heavy (non-hydrogen) atoms. The van der Waals surface area contributed by atoms with Crippen LogP contribution >= 0.6 is 0 Å². The topological polar surface area (TPSA) is 56.0 Å². The predicted molar refractivity (Wildman–Crippen MR) is 55.0 cm³/mol. The number of rotatable bonds is 1. The maximum atomic E-state index is 11.1. The second-order valence-corrected chi connectivity index (χ2v) is 3.19. The lowest BCUT2D eigenvalue weighted by Crippen LogP contribution is -2.11. The molecule has 1 aromatic heterocycles. The molecule has 0 bridgehead atoms. The van der Waals surface area contributed by atoms with Crippen molar-refractivity contribution >= 4 is 16.8 Å². The molecule has 0 radical (unpaired) electrons. The minimum Gasteiger partial charge on any atom is -0.366 e. The zero-order valence-electron chi connectivity index (χ0n) is 7.82. The molecule has 0 fully saturated rings. The van der Waals surface area contributed by atoms with Crippen molar-refractivity contribution in [2.24, 2.45) is 5.73 Å².